The maximum Gasteiger partial charge on any atom is 0.303 e. The fourth-order valence-corrected chi connectivity index (χ4v) is 2.32. The highest BCUT2D eigenvalue weighted by atomic mass is 16.4. The molecule has 3 N–H and O–H groups in total. The predicted octanol–water partition coefficient (Wildman–Crippen LogP) is 1.52. The van der Waals surface area contributed by atoms with Crippen molar-refractivity contribution < 1.29 is 15.0 Å². The van der Waals surface area contributed by atoms with Crippen molar-refractivity contribution in [2.24, 2.45) is 5.92 Å². The monoisotopic (exact) mass is 221 g/mol. The van der Waals surface area contributed by atoms with Gasteiger partial charge < -0.3 is 15.5 Å². The van der Waals surface area contributed by atoms with Crippen LogP contribution in [0, 0.1) is 5.92 Å². The molecule has 1 heterocycles. The van der Waals surface area contributed by atoms with Crippen molar-refractivity contribution >= 4 is 5.97 Å². The number of hydrogen-bond donors (Lipinski definition) is 3. The molecule has 1 aliphatic rings. The van der Waals surface area contributed by atoms with Gasteiger partial charge in [0.1, 0.15) is 5.75 Å². The number of carbonyl (C=O) groups is 1. The molecule has 2 atom stereocenters. The minimum atomic E-state index is -0.783. The number of phenolic OH excluding ortho intramolecular Hbond substituents is 1. The molecule has 0 aliphatic carbocycles. The first kappa shape index (κ1) is 11.0. The Morgan fingerprint density at radius 2 is 2.19 bits per heavy atom. The van der Waals surface area contributed by atoms with Gasteiger partial charge in [-0.05, 0) is 24.9 Å². The van der Waals surface area contributed by atoms with E-state index in [0.717, 1.165) is 18.5 Å². The molecule has 0 spiro atoms. The van der Waals surface area contributed by atoms with E-state index in [1.807, 2.05) is 12.1 Å². The lowest BCUT2D eigenvalue weighted by Crippen LogP contribution is -2.19. The number of phenols is 1. The second-order valence-corrected chi connectivity index (χ2v) is 4.14. The summed E-state index contributed by atoms with van der Waals surface area (Å²) in [5.41, 5.74) is 0.797. The number of rotatable bonds is 3. The summed E-state index contributed by atoms with van der Waals surface area (Å²) in [4.78, 5) is 10.7. The van der Waals surface area contributed by atoms with Crippen molar-refractivity contribution in [2.45, 2.75) is 18.9 Å². The molecule has 0 radical (unpaired) electrons. The highest BCUT2D eigenvalue weighted by Gasteiger charge is 2.31. The maximum absolute atomic E-state index is 10.7. The van der Waals surface area contributed by atoms with Crippen LogP contribution < -0.4 is 5.32 Å². The Labute approximate surface area is 93.9 Å². The maximum atomic E-state index is 10.7. The van der Waals surface area contributed by atoms with E-state index in [-0.39, 0.29) is 24.1 Å². The molecule has 86 valence electrons. The van der Waals surface area contributed by atoms with E-state index in [4.69, 9.17) is 5.11 Å². The van der Waals surface area contributed by atoms with Crippen molar-refractivity contribution in [3.8, 4) is 5.75 Å². The van der Waals surface area contributed by atoms with Crippen molar-refractivity contribution in [1.29, 1.82) is 0 Å². The molecule has 1 aromatic rings. The van der Waals surface area contributed by atoms with Gasteiger partial charge in [-0.25, -0.2) is 0 Å². The quantitative estimate of drug-likeness (QED) is 0.723. The van der Waals surface area contributed by atoms with Gasteiger partial charge >= 0.3 is 5.97 Å². The van der Waals surface area contributed by atoms with E-state index < -0.39 is 5.97 Å². The van der Waals surface area contributed by atoms with Gasteiger partial charge in [-0.2, -0.15) is 0 Å². The normalized spacial score (nSPS) is 24.5. The van der Waals surface area contributed by atoms with Crippen LogP contribution in [-0.4, -0.2) is 22.7 Å². The van der Waals surface area contributed by atoms with Gasteiger partial charge in [0, 0.05) is 11.6 Å². The largest absolute Gasteiger partial charge is 0.508 e. The molecular formula is C12H15NO3. The lowest BCUT2D eigenvalue weighted by atomic mass is 9.91. The Morgan fingerprint density at radius 1 is 1.44 bits per heavy atom. The fourth-order valence-electron chi connectivity index (χ4n) is 2.32. The summed E-state index contributed by atoms with van der Waals surface area (Å²) < 4.78 is 0. The van der Waals surface area contributed by atoms with Gasteiger partial charge in [0.2, 0.25) is 0 Å². The Bertz CT molecular complexity index is 392. The van der Waals surface area contributed by atoms with Gasteiger partial charge in [-0.3, -0.25) is 4.79 Å². The summed E-state index contributed by atoms with van der Waals surface area (Å²) in [6.07, 6.45) is 0.983. The van der Waals surface area contributed by atoms with E-state index in [2.05, 4.69) is 5.32 Å². The second kappa shape index (κ2) is 4.53. The number of carboxylic acid groups (broad SMARTS) is 1. The number of nitrogens with one attached hydrogen (secondary N) is 1. The van der Waals surface area contributed by atoms with Crippen molar-refractivity contribution in [2.75, 3.05) is 6.54 Å². The Morgan fingerprint density at radius 3 is 2.88 bits per heavy atom. The molecule has 4 nitrogen and oxygen atoms in total. The minimum Gasteiger partial charge on any atom is -0.508 e. The minimum absolute atomic E-state index is 0.0442. The summed E-state index contributed by atoms with van der Waals surface area (Å²) in [5.74, 6) is -0.489. The SMILES string of the molecule is O=C(O)CC1CCNC1c1ccccc1O. The average molecular weight is 221 g/mol. The zero-order valence-corrected chi connectivity index (χ0v) is 8.89. The molecule has 16 heavy (non-hydrogen) atoms. The third-order valence-electron chi connectivity index (χ3n) is 3.06. The number of carboxylic acids is 1. The van der Waals surface area contributed by atoms with Gasteiger partial charge in [-0.15, -0.1) is 0 Å². The van der Waals surface area contributed by atoms with E-state index >= 15 is 0 Å². The van der Waals surface area contributed by atoms with Crippen LogP contribution in [0.2, 0.25) is 0 Å². The molecule has 0 amide bonds. The van der Waals surface area contributed by atoms with E-state index in [1.165, 1.54) is 0 Å². The smallest absolute Gasteiger partial charge is 0.303 e. The molecule has 2 unspecified atom stereocenters. The summed E-state index contributed by atoms with van der Waals surface area (Å²) in [5, 5.41) is 21.8. The Hall–Kier alpha value is -1.55. The number of hydrogen-bond acceptors (Lipinski definition) is 3. The molecular weight excluding hydrogens is 206 g/mol. The van der Waals surface area contributed by atoms with Crippen molar-refractivity contribution in [1.82, 2.24) is 5.32 Å². The number of benzene rings is 1. The molecule has 0 bridgehead atoms. The highest BCUT2D eigenvalue weighted by molar-refractivity contribution is 5.67. The first-order valence-electron chi connectivity index (χ1n) is 5.41. The lowest BCUT2D eigenvalue weighted by Gasteiger charge is -2.19. The van der Waals surface area contributed by atoms with Crippen LogP contribution in [0.4, 0.5) is 0 Å². The summed E-state index contributed by atoms with van der Waals surface area (Å²) >= 11 is 0. The van der Waals surface area contributed by atoms with Crippen LogP contribution >= 0.6 is 0 Å². The molecule has 0 aromatic heterocycles. The van der Waals surface area contributed by atoms with E-state index in [0.29, 0.717) is 0 Å². The molecule has 1 saturated heterocycles. The Balaban J connectivity index is 2.20. The standard InChI is InChI=1S/C12H15NO3/c14-10-4-2-1-3-9(10)12-8(5-6-13-12)7-11(15)16/h1-4,8,12-14H,5-7H2,(H,15,16). The van der Waals surface area contributed by atoms with Crippen LogP contribution in [0.25, 0.3) is 0 Å². The number of para-hydroxylation sites is 1. The van der Waals surface area contributed by atoms with Gasteiger partial charge in [0.05, 0.1) is 6.42 Å². The van der Waals surface area contributed by atoms with E-state index in [9.17, 15) is 9.90 Å². The van der Waals surface area contributed by atoms with Crippen LogP contribution in [0.1, 0.15) is 24.4 Å². The molecule has 1 aromatic carbocycles. The Kier molecular flexibility index (Phi) is 3.10. The van der Waals surface area contributed by atoms with Crippen LogP contribution in [0.15, 0.2) is 24.3 Å². The van der Waals surface area contributed by atoms with Crippen molar-refractivity contribution in [3.63, 3.8) is 0 Å². The van der Waals surface area contributed by atoms with Crippen LogP contribution in [0.3, 0.4) is 0 Å². The predicted molar refractivity (Wildman–Crippen MR) is 59.2 cm³/mol. The van der Waals surface area contributed by atoms with Gasteiger partial charge in [-0.1, -0.05) is 18.2 Å². The molecule has 1 fully saturated rings. The average Bonchev–Trinajstić information content (AvgIpc) is 2.66. The van der Waals surface area contributed by atoms with Gasteiger partial charge in [0.15, 0.2) is 0 Å². The summed E-state index contributed by atoms with van der Waals surface area (Å²) in [6, 6.07) is 7.05. The summed E-state index contributed by atoms with van der Waals surface area (Å²) in [7, 11) is 0. The number of aromatic hydroxyl groups is 1. The zero-order chi connectivity index (χ0) is 11.5. The van der Waals surface area contributed by atoms with Crippen LogP contribution in [0.5, 0.6) is 5.75 Å². The third kappa shape index (κ3) is 2.17. The lowest BCUT2D eigenvalue weighted by molar-refractivity contribution is -0.138. The molecule has 4 heteroatoms. The highest BCUT2D eigenvalue weighted by Crippen LogP contribution is 2.35. The fraction of sp³-hybridized carbons (Fsp3) is 0.417. The molecule has 2 rings (SSSR count). The number of aliphatic carboxylic acids is 1. The van der Waals surface area contributed by atoms with Crippen molar-refractivity contribution in [3.05, 3.63) is 29.8 Å². The molecule has 0 saturated carbocycles. The first-order valence-corrected chi connectivity index (χ1v) is 5.41. The second-order valence-electron chi connectivity index (χ2n) is 4.14. The summed E-state index contributed by atoms with van der Waals surface area (Å²) in [6.45, 7) is 0.803. The first-order chi connectivity index (χ1) is 7.68. The van der Waals surface area contributed by atoms with E-state index in [1.54, 1.807) is 12.1 Å². The third-order valence-corrected chi connectivity index (χ3v) is 3.06. The van der Waals surface area contributed by atoms with Crippen LogP contribution in [-0.2, 0) is 4.79 Å². The molecule has 1 aliphatic heterocycles. The topological polar surface area (TPSA) is 69.6 Å². The van der Waals surface area contributed by atoms with Gasteiger partial charge in [0.25, 0.3) is 0 Å². The zero-order valence-electron chi connectivity index (χ0n) is 8.89.